The van der Waals surface area contributed by atoms with Gasteiger partial charge in [0, 0.05) is 0 Å². The van der Waals surface area contributed by atoms with Crippen LogP contribution in [0.25, 0.3) is 0 Å². The third-order valence-corrected chi connectivity index (χ3v) is 2.90. The van der Waals surface area contributed by atoms with E-state index in [1.165, 1.54) is 18.2 Å². The number of ether oxygens (including phenoxy) is 1. The van der Waals surface area contributed by atoms with E-state index in [-0.39, 0.29) is 12.2 Å². The molecule has 1 rings (SSSR count). The van der Waals surface area contributed by atoms with Crippen LogP contribution in [0.1, 0.15) is 22.9 Å². The molecule has 0 N–H and O–H groups in total. The Kier molecular flexibility index (Phi) is 4.56. The third kappa shape index (κ3) is 3.46. The molecule has 0 heterocycles. The van der Waals surface area contributed by atoms with E-state index in [0.717, 1.165) is 6.07 Å². The fraction of sp³-hybridized carbons (Fsp3) is 0.364. The molecule has 2 nitrogen and oxygen atoms in total. The second kappa shape index (κ2) is 5.53. The Morgan fingerprint density at radius 2 is 2.00 bits per heavy atom. The van der Waals surface area contributed by atoms with Gasteiger partial charge in [0.15, 0.2) is 0 Å². The first-order valence-electron chi connectivity index (χ1n) is 4.84. The molecule has 17 heavy (non-hydrogen) atoms. The Balaban J connectivity index is 3.09. The molecule has 0 aliphatic heterocycles. The highest BCUT2D eigenvalue weighted by atomic mass is 79.9. The van der Waals surface area contributed by atoms with Crippen molar-refractivity contribution in [3.05, 3.63) is 35.4 Å². The van der Waals surface area contributed by atoms with Crippen LogP contribution in [0.3, 0.4) is 0 Å². The number of carbonyl (C=O) groups excluding carboxylic acids is 1. The summed E-state index contributed by atoms with van der Waals surface area (Å²) in [7, 11) is 0. The molecule has 1 aromatic carbocycles. The molecule has 0 saturated carbocycles. The van der Waals surface area contributed by atoms with Crippen LogP contribution in [0.5, 0.6) is 0 Å². The Morgan fingerprint density at radius 3 is 2.53 bits per heavy atom. The zero-order valence-electron chi connectivity index (χ0n) is 8.92. The normalized spacial score (nSPS) is 13.2. The standard InChI is InChI=1S/C11H10BrF3O2/c1-2-17-10(16)9(12)7-5-3-4-6-8(7)11(13,14)15/h3-6,9H,2H2,1H3. The van der Waals surface area contributed by atoms with Crippen LogP contribution in [-0.4, -0.2) is 12.6 Å². The van der Waals surface area contributed by atoms with E-state index in [2.05, 4.69) is 20.7 Å². The Bertz CT molecular complexity index is 404. The predicted octanol–water partition coefficient (Wildman–Crippen LogP) is 3.70. The maximum Gasteiger partial charge on any atom is 0.416 e. The van der Waals surface area contributed by atoms with E-state index in [4.69, 9.17) is 0 Å². The van der Waals surface area contributed by atoms with Crippen molar-refractivity contribution in [2.75, 3.05) is 6.61 Å². The Labute approximate surface area is 105 Å². The first-order chi connectivity index (χ1) is 7.88. The number of rotatable bonds is 3. The highest BCUT2D eigenvalue weighted by molar-refractivity contribution is 9.09. The van der Waals surface area contributed by atoms with Crippen molar-refractivity contribution in [1.82, 2.24) is 0 Å². The summed E-state index contributed by atoms with van der Waals surface area (Å²) in [6.45, 7) is 1.71. The molecule has 6 heteroatoms. The molecule has 1 aromatic rings. The van der Waals surface area contributed by atoms with E-state index in [1.54, 1.807) is 6.92 Å². The highest BCUT2D eigenvalue weighted by Crippen LogP contribution is 2.37. The van der Waals surface area contributed by atoms with Crippen molar-refractivity contribution < 1.29 is 22.7 Å². The van der Waals surface area contributed by atoms with E-state index < -0.39 is 22.5 Å². The molecule has 0 fully saturated rings. The zero-order chi connectivity index (χ0) is 13.1. The topological polar surface area (TPSA) is 26.3 Å². The molecule has 0 amide bonds. The number of halogens is 4. The van der Waals surface area contributed by atoms with Gasteiger partial charge in [-0.1, -0.05) is 34.1 Å². The second-order valence-electron chi connectivity index (χ2n) is 3.20. The summed E-state index contributed by atoms with van der Waals surface area (Å²) < 4.78 is 42.7. The lowest BCUT2D eigenvalue weighted by Gasteiger charge is -2.15. The monoisotopic (exact) mass is 310 g/mol. The molecule has 0 radical (unpaired) electrons. The van der Waals surface area contributed by atoms with Crippen molar-refractivity contribution >= 4 is 21.9 Å². The average molecular weight is 311 g/mol. The minimum atomic E-state index is -4.49. The van der Waals surface area contributed by atoms with Crippen LogP contribution in [0.2, 0.25) is 0 Å². The number of alkyl halides is 4. The Hall–Kier alpha value is -1.04. The first kappa shape index (κ1) is 14.0. The molecule has 0 aliphatic carbocycles. The number of carbonyl (C=O) groups is 1. The summed E-state index contributed by atoms with van der Waals surface area (Å²) in [6, 6.07) is 4.90. The van der Waals surface area contributed by atoms with Gasteiger partial charge < -0.3 is 4.74 Å². The number of hydrogen-bond acceptors (Lipinski definition) is 2. The lowest BCUT2D eigenvalue weighted by molar-refractivity contribution is -0.143. The van der Waals surface area contributed by atoms with Crippen molar-refractivity contribution in [2.24, 2.45) is 0 Å². The molecule has 0 aromatic heterocycles. The van der Waals surface area contributed by atoms with Gasteiger partial charge in [0.25, 0.3) is 0 Å². The maximum atomic E-state index is 12.7. The summed E-state index contributed by atoms with van der Waals surface area (Å²) in [5.74, 6) is -0.732. The molecule has 0 aliphatic rings. The van der Waals surface area contributed by atoms with Crippen LogP contribution in [-0.2, 0) is 15.7 Å². The van der Waals surface area contributed by atoms with E-state index in [9.17, 15) is 18.0 Å². The SMILES string of the molecule is CCOC(=O)C(Br)c1ccccc1C(F)(F)F. The van der Waals surface area contributed by atoms with Crippen molar-refractivity contribution in [3.8, 4) is 0 Å². The number of esters is 1. The van der Waals surface area contributed by atoms with Gasteiger partial charge in [-0.2, -0.15) is 13.2 Å². The van der Waals surface area contributed by atoms with E-state index in [0.29, 0.717) is 0 Å². The molecule has 94 valence electrons. The second-order valence-corrected chi connectivity index (χ2v) is 4.12. The first-order valence-corrected chi connectivity index (χ1v) is 5.76. The van der Waals surface area contributed by atoms with Crippen LogP contribution in [0.4, 0.5) is 13.2 Å². The zero-order valence-corrected chi connectivity index (χ0v) is 10.5. The minimum absolute atomic E-state index is 0.120. The summed E-state index contributed by atoms with van der Waals surface area (Å²) in [5, 5.41) is 0. The highest BCUT2D eigenvalue weighted by Gasteiger charge is 2.36. The molecule has 0 bridgehead atoms. The summed E-state index contributed by atoms with van der Waals surface area (Å²) in [4.78, 5) is 10.3. The van der Waals surface area contributed by atoms with Crippen molar-refractivity contribution in [2.45, 2.75) is 17.9 Å². The molecule has 1 unspecified atom stereocenters. The quantitative estimate of drug-likeness (QED) is 0.628. The molecular weight excluding hydrogens is 301 g/mol. The average Bonchev–Trinajstić information content (AvgIpc) is 2.27. The van der Waals surface area contributed by atoms with Crippen LogP contribution in [0, 0.1) is 0 Å². The largest absolute Gasteiger partial charge is 0.465 e. The molecule has 1 atom stereocenters. The van der Waals surface area contributed by atoms with Gasteiger partial charge in [0.2, 0.25) is 0 Å². The molecule has 0 saturated heterocycles. The predicted molar refractivity (Wildman–Crippen MR) is 59.7 cm³/mol. The van der Waals surface area contributed by atoms with Gasteiger partial charge in [0.05, 0.1) is 12.2 Å². The van der Waals surface area contributed by atoms with Crippen LogP contribution < -0.4 is 0 Å². The Morgan fingerprint density at radius 1 is 1.41 bits per heavy atom. The van der Waals surface area contributed by atoms with Gasteiger partial charge >= 0.3 is 12.1 Å². The summed E-state index contributed by atoms with van der Waals surface area (Å²) in [6.07, 6.45) is -4.49. The van der Waals surface area contributed by atoms with Crippen molar-refractivity contribution in [3.63, 3.8) is 0 Å². The lowest BCUT2D eigenvalue weighted by Crippen LogP contribution is -2.16. The molecule has 0 spiro atoms. The smallest absolute Gasteiger partial charge is 0.416 e. The number of hydrogen-bond donors (Lipinski definition) is 0. The summed E-state index contributed by atoms with van der Waals surface area (Å²) in [5.41, 5.74) is -0.978. The van der Waals surface area contributed by atoms with Gasteiger partial charge in [-0.25, -0.2) is 0 Å². The fourth-order valence-electron chi connectivity index (χ4n) is 1.32. The van der Waals surface area contributed by atoms with E-state index >= 15 is 0 Å². The number of benzene rings is 1. The lowest BCUT2D eigenvalue weighted by atomic mass is 10.0. The van der Waals surface area contributed by atoms with Crippen molar-refractivity contribution in [1.29, 1.82) is 0 Å². The third-order valence-electron chi connectivity index (χ3n) is 2.03. The fourth-order valence-corrected chi connectivity index (χ4v) is 1.85. The van der Waals surface area contributed by atoms with E-state index in [1.807, 2.05) is 0 Å². The van der Waals surface area contributed by atoms with Gasteiger partial charge in [-0.15, -0.1) is 0 Å². The minimum Gasteiger partial charge on any atom is -0.465 e. The van der Waals surface area contributed by atoms with Crippen LogP contribution >= 0.6 is 15.9 Å². The molecular formula is C11H10BrF3O2. The summed E-state index contributed by atoms with van der Waals surface area (Å²) >= 11 is 2.92. The van der Waals surface area contributed by atoms with Crippen LogP contribution in [0.15, 0.2) is 24.3 Å². The van der Waals surface area contributed by atoms with Gasteiger partial charge in [-0.05, 0) is 18.6 Å². The van der Waals surface area contributed by atoms with Gasteiger partial charge in [-0.3, -0.25) is 4.79 Å². The maximum absolute atomic E-state index is 12.7. The van der Waals surface area contributed by atoms with Gasteiger partial charge in [0.1, 0.15) is 4.83 Å².